The molecule has 5 heteroatoms. The SMILES string of the molecule is COC(=O)c1ccc2[nH]c3c(c2c1)CN(C(=O)C[C@H]1C=CCC1)CC3. The maximum Gasteiger partial charge on any atom is 0.337 e. The van der Waals surface area contributed by atoms with Crippen LogP contribution in [0.3, 0.4) is 0 Å². The van der Waals surface area contributed by atoms with E-state index in [0.29, 0.717) is 24.4 Å². The fourth-order valence-corrected chi connectivity index (χ4v) is 3.89. The molecule has 0 spiro atoms. The third-order valence-electron chi connectivity index (χ3n) is 5.30. The molecular weight excluding hydrogens is 316 g/mol. The number of methoxy groups -OCH3 is 1. The lowest BCUT2D eigenvalue weighted by molar-refractivity contribution is -0.132. The number of amides is 1. The summed E-state index contributed by atoms with van der Waals surface area (Å²) in [6, 6.07) is 5.55. The number of benzene rings is 1. The van der Waals surface area contributed by atoms with E-state index in [-0.39, 0.29) is 11.9 Å². The van der Waals surface area contributed by atoms with Crippen LogP contribution in [0.1, 0.15) is 40.9 Å². The Hall–Kier alpha value is -2.56. The molecule has 1 N–H and O–H groups in total. The van der Waals surface area contributed by atoms with Crippen LogP contribution < -0.4 is 0 Å². The third kappa shape index (κ3) is 2.95. The molecule has 130 valence electrons. The molecule has 0 saturated heterocycles. The van der Waals surface area contributed by atoms with Gasteiger partial charge in [-0.3, -0.25) is 4.79 Å². The largest absolute Gasteiger partial charge is 0.465 e. The molecule has 2 aromatic rings. The van der Waals surface area contributed by atoms with Crippen molar-refractivity contribution >= 4 is 22.8 Å². The van der Waals surface area contributed by atoms with Gasteiger partial charge in [0.2, 0.25) is 5.91 Å². The summed E-state index contributed by atoms with van der Waals surface area (Å²) < 4.78 is 4.82. The number of aromatic amines is 1. The van der Waals surface area contributed by atoms with Gasteiger partial charge in [-0.25, -0.2) is 4.79 Å². The molecule has 0 radical (unpaired) electrons. The number of carbonyl (C=O) groups excluding carboxylic acids is 2. The lowest BCUT2D eigenvalue weighted by Crippen LogP contribution is -2.36. The van der Waals surface area contributed by atoms with Gasteiger partial charge in [-0.05, 0) is 37.0 Å². The molecule has 1 aliphatic carbocycles. The molecule has 4 rings (SSSR count). The zero-order valence-electron chi connectivity index (χ0n) is 14.4. The molecule has 2 heterocycles. The summed E-state index contributed by atoms with van der Waals surface area (Å²) in [5, 5.41) is 1.01. The van der Waals surface area contributed by atoms with Gasteiger partial charge in [0.15, 0.2) is 0 Å². The number of carbonyl (C=O) groups is 2. The highest BCUT2D eigenvalue weighted by Crippen LogP contribution is 2.30. The highest BCUT2D eigenvalue weighted by Gasteiger charge is 2.26. The molecule has 2 aliphatic rings. The Kier molecular flexibility index (Phi) is 4.07. The topological polar surface area (TPSA) is 62.4 Å². The van der Waals surface area contributed by atoms with Crippen molar-refractivity contribution in [2.24, 2.45) is 5.92 Å². The van der Waals surface area contributed by atoms with E-state index in [1.807, 2.05) is 17.0 Å². The number of allylic oxidation sites excluding steroid dienone is 2. The van der Waals surface area contributed by atoms with Crippen molar-refractivity contribution in [1.82, 2.24) is 9.88 Å². The van der Waals surface area contributed by atoms with Crippen LogP contribution in [0.2, 0.25) is 0 Å². The predicted octanol–water partition coefficient (Wildman–Crippen LogP) is 3.20. The van der Waals surface area contributed by atoms with Crippen LogP contribution in [0.15, 0.2) is 30.4 Å². The second-order valence-corrected chi connectivity index (χ2v) is 6.87. The van der Waals surface area contributed by atoms with Gasteiger partial charge >= 0.3 is 5.97 Å². The average Bonchev–Trinajstić information content (AvgIpc) is 3.27. The Morgan fingerprint density at radius 3 is 3.00 bits per heavy atom. The maximum atomic E-state index is 12.7. The Bertz CT molecular complexity index is 865. The summed E-state index contributed by atoms with van der Waals surface area (Å²) in [7, 11) is 1.39. The van der Waals surface area contributed by atoms with Gasteiger partial charge in [-0.1, -0.05) is 12.2 Å². The number of esters is 1. The molecule has 1 aliphatic heterocycles. The average molecular weight is 338 g/mol. The summed E-state index contributed by atoms with van der Waals surface area (Å²) in [6.07, 6.45) is 7.93. The van der Waals surface area contributed by atoms with Gasteiger partial charge in [0, 0.05) is 48.1 Å². The number of nitrogens with zero attached hydrogens (tertiary/aromatic N) is 1. The summed E-state index contributed by atoms with van der Waals surface area (Å²) >= 11 is 0. The Morgan fingerprint density at radius 2 is 2.24 bits per heavy atom. The van der Waals surface area contributed by atoms with E-state index < -0.39 is 0 Å². The van der Waals surface area contributed by atoms with E-state index in [1.54, 1.807) is 6.07 Å². The maximum absolute atomic E-state index is 12.7. The number of rotatable bonds is 3. The fourth-order valence-electron chi connectivity index (χ4n) is 3.89. The monoisotopic (exact) mass is 338 g/mol. The Morgan fingerprint density at radius 1 is 1.36 bits per heavy atom. The van der Waals surface area contributed by atoms with E-state index in [4.69, 9.17) is 4.74 Å². The van der Waals surface area contributed by atoms with Crippen LogP contribution in [0.25, 0.3) is 10.9 Å². The number of ether oxygens (including phenoxy) is 1. The molecule has 1 atom stereocenters. The molecule has 0 unspecified atom stereocenters. The fraction of sp³-hybridized carbons (Fsp3) is 0.400. The number of nitrogens with one attached hydrogen (secondary N) is 1. The minimum absolute atomic E-state index is 0.223. The van der Waals surface area contributed by atoms with Crippen molar-refractivity contribution in [3.8, 4) is 0 Å². The minimum Gasteiger partial charge on any atom is -0.465 e. The van der Waals surface area contributed by atoms with Crippen molar-refractivity contribution in [2.75, 3.05) is 13.7 Å². The first-order valence-electron chi connectivity index (χ1n) is 8.82. The highest BCUT2D eigenvalue weighted by molar-refractivity contribution is 5.96. The first kappa shape index (κ1) is 15.9. The van der Waals surface area contributed by atoms with Crippen molar-refractivity contribution < 1.29 is 14.3 Å². The zero-order valence-corrected chi connectivity index (χ0v) is 14.4. The van der Waals surface area contributed by atoms with Crippen LogP contribution >= 0.6 is 0 Å². The second-order valence-electron chi connectivity index (χ2n) is 6.87. The van der Waals surface area contributed by atoms with Gasteiger partial charge in [0.05, 0.1) is 12.7 Å². The van der Waals surface area contributed by atoms with Crippen LogP contribution in [0.5, 0.6) is 0 Å². The van der Waals surface area contributed by atoms with Crippen molar-refractivity contribution in [3.05, 3.63) is 47.2 Å². The summed E-state index contributed by atoms with van der Waals surface area (Å²) in [5.41, 5.74) is 3.84. The summed E-state index contributed by atoms with van der Waals surface area (Å²) in [6.45, 7) is 1.36. The number of hydrogen-bond acceptors (Lipinski definition) is 3. The van der Waals surface area contributed by atoms with Crippen molar-refractivity contribution in [2.45, 2.75) is 32.2 Å². The van der Waals surface area contributed by atoms with Gasteiger partial charge in [0.25, 0.3) is 0 Å². The molecular formula is C20H22N2O3. The Labute approximate surface area is 146 Å². The van der Waals surface area contributed by atoms with E-state index in [0.717, 1.165) is 42.3 Å². The molecule has 0 bridgehead atoms. The normalized spacial score (nSPS) is 19.2. The van der Waals surface area contributed by atoms with Gasteiger partial charge < -0.3 is 14.6 Å². The van der Waals surface area contributed by atoms with Crippen LogP contribution in [-0.2, 0) is 22.5 Å². The van der Waals surface area contributed by atoms with E-state index in [2.05, 4.69) is 17.1 Å². The number of fused-ring (bicyclic) bond motifs is 3. The second kappa shape index (κ2) is 6.39. The third-order valence-corrected chi connectivity index (χ3v) is 5.30. The minimum atomic E-state index is -0.339. The first-order valence-corrected chi connectivity index (χ1v) is 8.82. The molecule has 0 fully saturated rings. The quantitative estimate of drug-likeness (QED) is 0.690. The lowest BCUT2D eigenvalue weighted by atomic mass is 10.0. The van der Waals surface area contributed by atoms with E-state index in [1.165, 1.54) is 12.8 Å². The van der Waals surface area contributed by atoms with Gasteiger partial charge in [-0.15, -0.1) is 0 Å². The standard InChI is InChI=1S/C20H22N2O3/c1-25-20(24)14-6-7-17-15(11-14)16-12-22(9-8-18(16)21-17)19(23)10-13-4-2-3-5-13/h2,4,6-7,11,13,21H,3,5,8-10,12H2,1H3/t13-/m0/s1. The first-order chi connectivity index (χ1) is 12.2. The number of aromatic nitrogens is 1. The highest BCUT2D eigenvalue weighted by atomic mass is 16.5. The Balaban J connectivity index is 1.59. The number of H-pyrrole nitrogens is 1. The zero-order chi connectivity index (χ0) is 17.4. The summed E-state index contributed by atoms with van der Waals surface area (Å²) in [4.78, 5) is 29.8. The lowest BCUT2D eigenvalue weighted by Gasteiger charge is -2.28. The molecule has 5 nitrogen and oxygen atoms in total. The van der Waals surface area contributed by atoms with Crippen LogP contribution in [-0.4, -0.2) is 35.4 Å². The van der Waals surface area contributed by atoms with Crippen molar-refractivity contribution in [3.63, 3.8) is 0 Å². The predicted molar refractivity (Wildman–Crippen MR) is 95.2 cm³/mol. The van der Waals surface area contributed by atoms with Crippen molar-refractivity contribution in [1.29, 1.82) is 0 Å². The molecule has 0 saturated carbocycles. The van der Waals surface area contributed by atoms with Crippen LogP contribution in [0.4, 0.5) is 0 Å². The van der Waals surface area contributed by atoms with Crippen LogP contribution in [0, 0.1) is 5.92 Å². The van der Waals surface area contributed by atoms with E-state index in [9.17, 15) is 9.59 Å². The van der Waals surface area contributed by atoms with E-state index >= 15 is 0 Å². The number of hydrogen-bond donors (Lipinski definition) is 1. The molecule has 1 amide bonds. The molecule has 1 aromatic heterocycles. The molecule has 1 aromatic carbocycles. The summed E-state index contributed by atoms with van der Waals surface area (Å²) in [5.74, 6) is 0.275. The smallest absolute Gasteiger partial charge is 0.337 e. The molecule has 25 heavy (non-hydrogen) atoms. The van der Waals surface area contributed by atoms with Gasteiger partial charge in [-0.2, -0.15) is 0 Å². The van der Waals surface area contributed by atoms with Gasteiger partial charge in [0.1, 0.15) is 0 Å².